The van der Waals surface area contributed by atoms with Crippen molar-refractivity contribution >= 4 is 33.5 Å². The van der Waals surface area contributed by atoms with Crippen LogP contribution in [-0.4, -0.2) is 35.0 Å². The molecule has 0 bridgehead atoms. The van der Waals surface area contributed by atoms with Gasteiger partial charge in [-0.3, -0.25) is 14.3 Å². The summed E-state index contributed by atoms with van der Waals surface area (Å²) in [5, 5.41) is 0. The highest BCUT2D eigenvalue weighted by Gasteiger charge is 2.43. The van der Waals surface area contributed by atoms with E-state index in [1.54, 1.807) is 0 Å². The molecule has 0 saturated carbocycles. The number of halogens is 10. The first kappa shape index (κ1) is 31.4. The minimum atomic E-state index is -5.39. The predicted molar refractivity (Wildman–Crippen MR) is 118 cm³/mol. The van der Waals surface area contributed by atoms with E-state index in [4.69, 9.17) is 9.47 Å². The number of benzene rings is 1. The summed E-state index contributed by atoms with van der Waals surface area (Å²) in [5.74, 6) is -2.51. The Kier molecular flexibility index (Phi) is 9.51. The molecule has 0 amide bonds. The molecule has 0 aliphatic rings. The van der Waals surface area contributed by atoms with Crippen molar-refractivity contribution in [3.05, 3.63) is 49.8 Å². The predicted octanol–water partition coefficient (Wildman–Crippen LogP) is 6.15. The molecule has 0 radical (unpaired) electrons. The topological polar surface area (TPSA) is 73.7 Å². The maximum atomic E-state index is 13.8. The van der Waals surface area contributed by atoms with Crippen LogP contribution in [0.4, 0.5) is 51.1 Å². The molecule has 38 heavy (non-hydrogen) atoms. The molecule has 212 valence electrons. The van der Waals surface area contributed by atoms with Crippen LogP contribution >= 0.6 is 15.9 Å². The molecular weight excluding hydrogens is 609 g/mol. The van der Waals surface area contributed by atoms with Gasteiger partial charge >= 0.3 is 24.5 Å². The van der Waals surface area contributed by atoms with Crippen LogP contribution in [-0.2, 0) is 39.3 Å². The van der Waals surface area contributed by atoms with Gasteiger partial charge in [-0.1, -0.05) is 0 Å². The molecule has 0 aliphatic heterocycles. The van der Waals surface area contributed by atoms with Crippen molar-refractivity contribution < 1.29 is 53.8 Å². The summed E-state index contributed by atoms with van der Waals surface area (Å²) < 4.78 is 132. The molecule has 0 fully saturated rings. The SMILES string of the molecule is CCOC(=O)C(OCC)N(c1cc(C(F)(F)F)cc(C(F)(F)F)c1Br)c1nc(C(F)(F)F)cc(=O)n1CC. The Morgan fingerprint density at radius 1 is 0.974 bits per heavy atom. The maximum Gasteiger partial charge on any atom is 0.433 e. The van der Waals surface area contributed by atoms with Crippen molar-refractivity contribution in [1.29, 1.82) is 0 Å². The van der Waals surface area contributed by atoms with E-state index < -0.39 is 82.4 Å². The fourth-order valence-electron chi connectivity index (χ4n) is 3.23. The molecule has 17 heteroatoms. The van der Waals surface area contributed by atoms with E-state index in [1.165, 1.54) is 20.8 Å². The van der Waals surface area contributed by atoms with Crippen LogP contribution in [0.5, 0.6) is 0 Å². The molecule has 0 aliphatic carbocycles. The lowest BCUT2D eigenvalue weighted by Gasteiger charge is -2.34. The molecule has 1 unspecified atom stereocenters. The first-order valence-electron chi connectivity index (χ1n) is 10.6. The molecule has 1 aromatic heterocycles. The van der Waals surface area contributed by atoms with Crippen LogP contribution in [0.2, 0.25) is 0 Å². The van der Waals surface area contributed by atoms with Crippen molar-refractivity contribution in [2.24, 2.45) is 0 Å². The Balaban J connectivity index is 3.16. The Morgan fingerprint density at radius 3 is 2.03 bits per heavy atom. The summed E-state index contributed by atoms with van der Waals surface area (Å²) in [6.07, 6.45) is -18.3. The van der Waals surface area contributed by atoms with Crippen LogP contribution in [0.15, 0.2) is 27.5 Å². The molecule has 1 atom stereocenters. The largest absolute Gasteiger partial charge is 0.463 e. The van der Waals surface area contributed by atoms with E-state index in [1.807, 2.05) is 0 Å². The number of aromatic nitrogens is 2. The van der Waals surface area contributed by atoms with Crippen molar-refractivity contribution in [2.45, 2.75) is 52.1 Å². The molecule has 0 saturated heterocycles. The van der Waals surface area contributed by atoms with Gasteiger partial charge in [0.1, 0.15) is 0 Å². The van der Waals surface area contributed by atoms with Gasteiger partial charge in [0.25, 0.3) is 5.56 Å². The highest BCUT2D eigenvalue weighted by atomic mass is 79.9. The van der Waals surface area contributed by atoms with E-state index in [-0.39, 0.29) is 29.7 Å². The zero-order chi connectivity index (χ0) is 29.2. The highest BCUT2D eigenvalue weighted by Crippen LogP contribution is 2.46. The number of hydrogen-bond donors (Lipinski definition) is 0. The van der Waals surface area contributed by atoms with Crippen LogP contribution < -0.4 is 10.5 Å². The fraction of sp³-hybridized carbons (Fsp3) is 0.476. The van der Waals surface area contributed by atoms with E-state index in [0.717, 1.165) is 0 Å². The second-order valence-electron chi connectivity index (χ2n) is 7.30. The van der Waals surface area contributed by atoms with Crippen molar-refractivity contribution in [3.63, 3.8) is 0 Å². The number of carbonyl (C=O) groups is 1. The first-order chi connectivity index (χ1) is 17.4. The minimum absolute atomic E-state index is 0.0908. The van der Waals surface area contributed by atoms with E-state index >= 15 is 0 Å². The third-order valence-electron chi connectivity index (χ3n) is 4.80. The van der Waals surface area contributed by atoms with Crippen LogP contribution in [0, 0.1) is 0 Å². The minimum Gasteiger partial charge on any atom is -0.463 e. The van der Waals surface area contributed by atoms with Crippen LogP contribution in [0.3, 0.4) is 0 Å². The van der Waals surface area contributed by atoms with Crippen LogP contribution in [0.1, 0.15) is 37.6 Å². The molecule has 2 rings (SSSR count). The third kappa shape index (κ3) is 6.78. The number of alkyl halides is 9. The van der Waals surface area contributed by atoms with Crippen molar-refractivity contribution in [3.8, 4) is 0 Å². The zero-order valence-corrected chi connectivity index (χ0v) is 21.3. The molecule has 1 heterocycles. The lowest BCUT2D eigenvalue weighted by atomic mass is 10.1. The smallest absolute Gasteiger partial charge is 0.433 e. The average Bonchev–Trinajstić information content (AvgIpc) is 2.77. The standard InChI is InChI=1S/C21H19BrF9N3O4/c1-4-33-14(35)9-13(21(29,30)31)32-18(33)34(16(37-5-2)17(36)38-6-3)12-8-10(19(23,24)25)7-11(15(12)22)20(26,27)28/h7-9,16H,4-6H2,1-3H3. The molecule has 1 aromatic carbocycles. The van der Waals surface area contributed by atoms with Gasteiger partial charge in [-0.25, -0.2) is 9.78 Å². The summed E-state index contributed by atoms with van der Waals surface area (Å²) in [6, 6.07) is 0.0167. The summed E-state index contributed by atoms with van der Waals surface area (Å²) >= 11 is 2.57. The normalized spacial score (nSPS) is 13.4. The Labute approximate surface area is 217 Å². The monoisotopic (exact) mass is 627 g/mol. The Morgan fingerprint density at radius 2 is 1.58 bits per heavy atom. The molecule has 0 spiro atoms. The average molecular weight is 628 g/mol. The van der Waals surface area contributed by atoms with E-state index in [2.05, 4.69) is 20.9 Å². The van der Waals surface area contributed by atoms with Gasteiger partial charge in [0.2, 0.25) is 12.2 Å². The van der Waals surface area contributed by atoms with Gasteiger partial charge < -0.3 is 9.47 Å². The fourth-order valence-corrected chi connectivity index (χ4v) is 3.88. The number of carbonyl (C=O) groups excluding carboxylic acids is 1. The van der Waals surface area contributed by atoms with Gasteiger partial charge in [0.15, 0.2) is 5.69 Å². The third-order valence-corrected chi connectivity index (χ3v) is 5.64. The number of ether oxygens (including phenoxy) is 2. The van der Waals surface area contributed by atoms with Gasteiger partial charge in [-0.2, -0.15) is 39.5 Å². The van der Waals surface area contributed by atoms with Gasteiger partial charge in [-0.05, 0) is 48.8 Å². The molecule has 7 nitrogen and oxygen atoms in total. The van der Waals surface area contributed by atoms with E-state index in [9.17, 15) is 49.1 Å². The number of hydrogen-bond acceptors (Lipinski definition) is 6. The molecule has 0 N–H and O–H groups in total. The van der Waals surface area contributed by atoms with Crippen LogP contribution in [0.25, 0.3) is 0 Å². The maximum absolute atomic E-state index is 13.8. The summed E-state index contributed by atoms with van der Waals surface area (Å²) in [4.78, 5) is 28.9. The van der Waals surface area contributed by atoms with E-state index in [0.29, 0.717) is 4.57 Å². The Hall–Kier alpha value is -2.82. The highest BCUT2D eigenvalue weighted by molar-refractivity contribution is 9.10. The molecular formula is C21H19BrF9N3O4. The Bertz CT molecular complexity index is 1230. The van der Waals surface area contributed by atoms with Crippen molar-refractivity contribution in [2.75, 3.05) is 18.1 Å². The first-order valence-corrected chi connectivity index (χ1v) is 11.4. The molecule has 2 aromatic rings. The summed E-state index contributed by atoms with van der Waals surface area (Å²) in [5.41, 5.74) is -8.01. The summed E-state index contributed by atoms with van der Waals surface area (Å²) in [6.45, 7) is 2.67. The second kappa shape index (κ2) is 11.5. The second-order valence-corrected chi connectivity index (χ2v) is 8.10. The number of nitrogens with zero attached hydrogens (tertiary/aromatic N) is 3. The van der Waals surface area contributed by atoms with Gasteiger partial charge in [0.05, 0.1) is 27.9 Å². The van der Waals surface area contributed by atoms with Crippen molar-refractivity contribution in [1.82, 2.24) is 9.55 Å². The quantitative estimate of drug-likeness (QED) is 0.199. The zero-order valence-electron chi connectivity index (χ0n) is 19.7. The lowest BCUT2D eigenvalue weighted by molar-refractivity contribution is -0.155. The number of anilines is 2. The lowest BCUT2D eigenvalue weighted by Crippen LogP contribution is -2.45. The van der Waals surface area contributed by atoms with Gasteiger partial charge in [-0.15, -0.1) is 0 Å². The number of rotatable bonds is 8. The van der Waals surface area contributed by atoms with Gasteiger partial charge in [0, 0.05) is 19.2 Å². The summed E-state index contributed by atoms with van der Waals surface area (Å²) in [7, 11) is 0. The number of esters is 1.